The predicted molar refractivity (Wildman–Crippen MR) is 87.0 cm³/mol. The molecule has 0 unspecified atom stereocenters. The van der Waals surface area contributed by atoms with Crippen LogP contribution in [-0.4, -0.2) is 23.5 Å². The molecule has 2 atom stereocenters. The number of benzene rings is 1. The molecule has 4 nitrogen and oxygen atoms in total. The Balaban J connectivity index is 1.51. The van der Waals surface area contributed by atoms with Crippen molar-refractivity contribution < 1.29 is 14.7 Å². The van der Waals surface area contributed by atoms with E-state index in [4.69, 9.17) is 5.11 Å². The standard InChI is InChI=1S/C17H19NO3S/c19-16(11-5-6-12(9-11)17(20)21)18-8-7-13-10-22-15-4-2-1-3-14(13)15/h1-4,10-12H,5-9H2,(H,18,19)(H,20,21)/t11-,12+/m0/s1. The second-order valence-corrected chi connectivity index (χ2v) is 6.75. The van der Waals surface area contributed by atoms with Crippen LogP contribution in [0.2, 0.25) is 0 Å². The predicted octanol–water partition coefficient (Wildman–Crippen LogP) is 3.06. The number of nitrogens with one attached hydrogen (secondary N) is 1. The molecule has 0 saturated heterocycles. The van der Waals surface area contributed by atoms with Gasteiger partial charge < -0.3 is 10.4 Å². The van der Waals surface area contributed by atoms with Crippen molar-refractivity contribution in [3.63, 3.8) is 0 Å². The van der Waals surface area contributed by atoms with Crippen LogP contribution in [0.3, 0.4) is 0 Å². The van der Waals surface area contributed by atoms with Gasteiger partial charge in [0.05, 0.1) is 5.92 Å². The Bertz CT molecular complexity index is 694. The summed E-state index contributed by atoms with van der Waals surface area (Å²) >= 11 is 1.72. The maximum absolute atomic E-state index is 12.1. The second-order valence-electron chi connectivity index (χ2n) is 5.84. The average Bonchev–Trinajstić information content (AvgIpc) is 3.14. The van der Waals surface area contributed by atoms with Crippen molar-refractivity contribution in [1.29, 1.82) is 0 Å². The molecule has 116 valence electrons. The number of carboxylic acid groups (broad SMARTS) is 1. The molecule has 1 aliphatic rings. The second kappa shape index (κ2) is 6.48. The van der Waals surface area contributed by atoms with Crippen molar-refractivity contribution in [2.75, 3.05) is 6.54 Å². The number of aliphatic carboxylic acids is 1. The Morgan fingerprint density at radius 3 is 2.77 bits per heavy atom. The number of hydrogen-bond donors (Lipinski definition) is 2. The van der Waals surface area contributed by atoms with E-state index in [9.17, 15) is 9.59 Å². The Hall–Kier alpha value is -1.88. The van der Waals surface area contributed by atoms with Gasteiger partial charge in [0.2, 0.25) is 5.91 Å². The zero-order chi connectivity index (χ0) is 15.5. The highest BCUT2D eigenvalue weighted by atomic mass is 32.1. The third kappa shape index (κ3) is 3.14. The maximum Gasteiger partial charge on any atom is 0.306 e. The summed E-state index contributed by atoms with van der Waals surface area (Å²) in [5.74, 6) is -1.26. The largest absolute Gasteiger partial charge is 0.481 e. The highest BCUT2D eigenvalue weighted by Crippen LogP contribution is 2.31. The summed E-state index contributed by atoms with van der Waals surface area (Å²) < 4.78 is 1.27. The zero-order valence-corrected chi connectivity index (χ0v) is 13.1. The van der Waals surface area contributed by atoms with Gasteiger partial charge in [0.25, 0.3) is 0 Å². The third-order valence-electron chi connectivity index (χ3n) is 4.41. The normalized spacial score (nSPS) is 21.1. The topological polar surface area (TPSA) is 66.4 Å². The van der Waals surface area contributed by atoms with Crippen molar-refractivity contribution >= 4 is 33.3 Å². The number of rotatable bonds is 5. The lowest BCUT2D eigenvalue weighted by Gasteiger charge is -2.10. The van der Waals surface area contributed by atoms with Crippen molar-refractivity contribution in [1.82, 2.24) is 5.32 Å². The van der Waals surface area contributed by atoms with Gasteiger partial charge in [-0.3, -0.25) is 9.59 Å². The van der Waals surface area contributed by atoms with Crippen LogP contribution in [0.4, 0.5) is 0 Å². The molecule has 1 aromatic carbocycles. The molecule has 1 heterocycles. The number of hydrogen-bond acceptors (Lipinski definition) is 3. The molecule has 5 heteroatoms. The van der Waals surface area contributed by atoms with Crippen LogP contribution in [-0.2, 0) is 16.0 Å². The van der Waals surface area contributed by atoms with E-state index in [1.165, 1.54) is 15.6 Å². The number of fused-ring (bicyclic) bond motifs is 1. The molecular weight excluding hydrogens is 298 g/mol. The molecular formula is C17H19NO3S. The monoisotopic (exact) mass is 317 g/mol. The average molecular weight is 317 g/mol. The van der Waals surface area contributed by atoms with Crippen LogP contribution in [0.15, 0.2) is 29.6 Å². The summed E-state index contributed by atoms with van der Waals surface area (Å²) in [6, 6.07) is 8.27. The van der Waals surface area contributed by atoms with Gasteiger partial charge in [0.15, 0.2) is 0 Å². The molecule has 2 aromatic rings. The first-order valence-electron chi connectivity index (χ1n) is 7.61. The van der Waals surface area contributed by atoms with Gasteiger partial charge in [0, 0.05) is 17.2 Å². The fourth-order valence-electron chi connectivity index (χ4n) is 3.14. The highest BCUT2D eigenvalue weighted by molar-refractivity contribution is 7.17. The lowest BCUT2D eigenvalue weighted by atomic mass is 10.0. The Kier molecular flexibility index (Phi) is 4.43. The molecule has 0 aliphatic heterocycles. The summed E-state index contributed by atoms with van der Waals surface area (Å²) in [6.45, 7) is 0.605. The highest BCUT2D eigenvalue weighted by Gasteiger charge is 2.33. The smallest absolute Gasteiger partial charge is 0.306 e. The molecule has 1 amide bonds. The minimum atomic E-state index is -0.778. The lowest BCUT2D eigenvalue weighted by Crippen LogP contribution is -2.31. The number of carbonyl (C=O) groups is 2. The van der Waals surface area contributed by atoms with E-state index in [-0.39, 0.29) is 17.7 Å². The van der Waals surface area contributed by atoms with Gasteiger partial charge in [-0.2, -0.15) is 0 Å². The fourth-order valence-corrected chi connectivity index (χ4v) is 4.13. The van der Waals surface area contributed by atoms with Gasteiger partial charge >= 0.3 is 5.97 Å². The van der Waals surface area contributed by atoms with Crippen LogP contribution in [0.1, 0.15) is 24.8 Å². The molecule has 0 spiro atoms. The Labute approximate surface area is 133 Å². The summed E-state index contributed by atoms with van der Waals surface area (Å²) in [5, 5.41) is 15.3. The fraction of sp³-hybridized carbons (Fsp3) is 0.412. The van der Waals surface area contributed by atoms with E-state index in [1.54, 1.807) is 11.3 Å². The SMILES string of the molecule is O=C(O)[C@@H]1CC[C@H](C(=O)NCCc2csc3ccccc23)C1. The van der Waals surface area contributed by atoms with Crippen molar-refractivity contribution in [3.8, 4) is 0 Å². The molecule has 1 aromatic heterocycles. The summed E-state index contributed by atoms with van der Waals surface area (Å²) in [7, 11) is 0. The molecule has 1 fully saturated rings. The first kappa shape index (κ1) is 15.0. The minimum absolute atomic E-state index is 0.00304. The van der Waals surface area contributed by atoms with Gasteiger partial charge in [-0.15, -0.1) is 11.3 Å². The summed E-state index contributed by atoms with van der Waals surface area (Å²) in [4.78, 5) is 23.0. The first-order valence-corrected chi connectivity index (χ1v) is 8.48. The number of carboxylic acids is 1. The van der Waals surface area contributed by atoms with Gasteiger partial charge in [-0.1, -0.05) is 18.2 Å². The lowest BCUT2D eigenvalue weighted by molar-refractivity contribution is -0.141. The summed E-state index contributed by atoms with van der Waals surface area (Å²) in [6.07, 6.45) is 2.58. The zero-order valence-electron chi connectivity index (χ0n) is 12.2. The minimum Gasteiger partial charge on any atom is -0.481 e. The summed E-state index contributed by atoms with van der Waals surface area (Å²) in [5.41, 5.74) is 1.26. The van der Waals surface area contributed by atoms with E-state index in [0.29, 0.717) is 25.8 Å². The van der Waals surface area contributed by atoms with E-state index >= 15 is 0 Å². The van der Waals surface area contributed by atoms with Crippen LogP contribution >= 0.6 is 11.3 Å². The quantitative estimate of drug-likeness (QED) is 0.890. The molecule has 2 N–H and O–H groups in total. The number of carbonyl (C=O) groups excluding carboxylic acids is 1. The van der Waals surface area contributed by atoms with Crippen molar-refractivity contribution in [2.45, 2.75) is 25.7 Å². The Morgan fingerprint density at radius 2 is 2.00 bits per heavy atom. The van der Waals surface area contributed by atoms with Crippen LogP contribution in [0.25, 0.3) is 10.1 Å². The van der Waals surface area contributed by atoms with Gasteiger partial charge in [-0.25, -0.2) is 0 Å². The van der Waals surface area contributed by atoms with E-state index in [0.717, 1.165) is 6.42 Å². The number of thiophene rings is 1. The van der Waals surface area contributed by atoms with Crippen molar-refractivity contribution in [2.24, 2.45) is 11.8 Å². The first-order chi connectivity index (χ1) is 10.6. The van der Waals surface area contributed by atoms with Crippen LogP contribution < -0.4 is 5.32 Å². The van der Waals surface area contributed by atoms with Crippen LogP contribution in [0.5, 0.6) is 0 Å². The van der Waals surface area contributed by atoms with Gasteiger partial charge in [-0.05, 0) is 48.1 Å². The van der Waals surface area contributed by atoms with E-state index in [1.807, 2.05) is 12.1 Å². The molecule has 22 heavy (non-hydrogen) atoms. The van der Waals surface area contributed by atoms with E-state index in [2.05, 4.69) is 22.8 Å². The number of amides is 1. The van der Waals surface area contributed by atoms with Crippen LogP contribution in [0, 0.1) is 11.8 Å². The van der Waals surface area contributed by atoms with Crippen molar-refractivity contribution in [3.05, 3.63) is 35.2 Å². The van der Waals surface area contributed by atoms with Gasteiger partial charge in [0.1, 0.15) is 0 Å². The molecule has 1 saturated carbocycles. The molecule has 0 bridgehead atoms. The third-order valence-corrected chi connectivity index (χ3v) is 5.42. The molecule has 1 aliphatic carbocycles. The molecule has 3 rings (SSSR count). The molecule has 0 radical (unpaired) electrons. The van der Waals surface area contributed by atoms with E-state index < -0.39 is 5.97 Å². The maximum atomic E-state index is 12.1. The Morgan fingerprint density at radius 1 is 1.23 bits per heavy atom.